The first-order valence-electron chi connectivity index (χ1n) is 7.66. The molecule has 4 rings (SSSR count). The van der Waals surface area contributed by atoms with Gasteiger partial charge in [-0.2, -0.15) is 0 Å². The molecule has 0 bridgehead atoms. The van der Waals surface area contributed by atoms with Crippen LogP contribution in [0.2, 0.25) is 5.02 Å². The molecule has 24 heavy (non-hydrogen) atoms. The van der Waals surface area contributed by atoms with Gasteiger partial charge in [0.1, 0.15) is 6.33 Å². The summed E-state index contributed by atoms with van der Waals surface area (Å²) in [6.45, 7) is 0.623. The number of halogens is 1. The van der Waals surface area contributed by atoms with Crippen LogP contribution in [0.1, 0.15) is 5.56 Å². The van der Waals surface area contributed by atoms with Crippen molar-refractivity contribution in [3.63, 3.8) is 0 Å². The first-order valence-corrected chi connectivity index (χ1v) is 8.04. The van der Waals surface area contributed by atoms with Crippen molar-refractivity contribution in [1.29, 1.82) is 0 Å². The Morgan fingerprint density at radius 1 is 1.04 bits per heavy atom. The minimum absolute atomic E-state index is 0.623. The fourth-order valence-electron chi connectivity index (χ4n) is 2.65. The Hall–Kier alpha value is -2.85. The van der Waals surface area contributed by atoms with E-state index in [-0.39, 0.29) is 0 Å². The molecule has 4 aromatic rings. The van der Waals surface area contributed by atoms with E-state index in [2.05, 4.69) is 38.1 Å². The van der Waals surface area contributed by atoms with Gasteiger partial charge in [-0.25, -0.2) is 4.98 Å². The van der Waals surface area contributed by atoms with Crippen LogP contribution < -0.4 is 5.32 Å². The molecule has 0 radical (unpaired) electrons. The van der Waals surface area contributed by atoms with Crippen LogP contribution in [-0.4, -0.2) is 14.5 Å². The van der Waals surface area contributed by atoms with E-state index in [1.54, 1.807) is 18.5 Å². The minimum atomic E-state index is 0.623. The third-order valence-corrected chi connectivity index (χ3v) is 4.28. The molecule has 4 nitrogen and oxygen atoms in total. The van der Waals surface area contributed by atoms with Crippen molar-refractivity contribution in [2.24, 2.45) is 0 Å². The Morgan fingerprint density at radius 3 is 2.75 bits per heavy atom. The van der Waals surface area contributed by atoms with Crippen LogP contribution in [0.3, 0.4) is 0 Å². The van der Waals surface area contributed by atoms with E-state index in [1.165, 1.54) is 0 Å². The van der Waals surface area contributed by atoms with Crippen molar-refractivity contribution in [2.75, 3.05) is 5.32 Å². The fourth-order valence-corrected chi connectivity index (χ4v) is 2.83. The molecule has 0 saturated heterocycles. The normalized spacial score (nSPS) is 10.9. The first-order chi connectivity index (χ1) is 11.8. The predicted molar refractivity (Wildman–Crippen MR) is 97.6 cm³/mol. The molecule has 0 aliphatic heterocycles. The lowest BCUT2D eigenvalue weighted by Crippen LogP contribution is -2.00. The summed E-state index contributed by atoms with van der Waals surface area (Å²) < 4.78 is 2.08. The van der Waals surface area contributed by atoms with Crippen LogP contribution in [0.4, 0.5) is 5.69 Å². The van der Waals surface area contributed by atoms with Crippen molar-refractivity contribution in [3.8, 4) is 5.69 Å². The molecule has 0 unspecified atom stereocenters. The smallest absolute Gasteiger partial charge is 0.100 e. The summed E-state index contributed by atoms with van der Waals surface area (Å²) in [6, 6.07) is 18.1. The quantitative estimate of drug-likeness (QED) is 0.589. The second-order valence-corrected chi connectivity index (χ2v) is 5.88. The van der Waals surface area contributed by atoms with Crippen LogP contribution >= 0.6 is 11.6 Å². The molecular weight excluding hydrogens is 320 g/mol. The molecule has 0 amide bonds. The van der Waals surface area contributed by atoms with Crippen molar-refractivity contribution in [1.82, 2.24) is 14.5 Å². The highest BCUT2D eigenvalue weighted by molar-refractivity contribution is 6.31. The zero-order valence-electron chi connectivity index (χ0n) is 12.9. The predicted octanol–water partition coefficient (Wildman–Crippen LogP) is 4.69. The maximum Gasteiger partial charge on any atom is 0.100 e. The van der Waals surface area contributed by atoms with Crippen LogP contribution in [0.15, 0.2) is 73.3 Å². The van der Waals surface area contributed by atoms with Gasteiger partial charge >= 0.3 is 0 Å². The molecule has 0 aliphatic carbocycles. The number of aromatic nitrogens is 3. The SMILES string of the molecule is Clc1ccncc1CNc1ccc2c(c1)ncn2-c1ccccc1. The van der Waals surface area contributed by atoms with Gasteiger partial charge < -0.3 is 5.32 Å². The number of para-hydroxylation sites is 1. The number of hydrogen-bond acceptors (Lipinski definition) is 3. The molecule has 2 aromatic carbocycles. The fraction of sp³-hybridized carbons (Fsp3) is 0.0526. The van der Waals surface area contributed by atoms with E-state index in [0.717, 1.165) is 28.0 Å². The van der Waals surface area contributed by atoms with Gasteiger partial charge in [0.2, 0.25) is 0 Å². The summed E-state index contributed by atoms with van der Waals surface area (Å²) in [5.41, 5.74) is 5.09. The monoisotopic (exact) mass is 334 g/mol. The summed E-state index contributed by atoms with van der Waals surface area (Å²) in [5.74, 6) is 0. The van der Waals surface area contributed by atoms with Crippen LogP contribution in [0, 0.1) is 0 Å². The third kappa shape index (κ3) is 2.84. The van der Waals surface area contributed by atoms with E-state index in [4.69, 9.17) is 11.6 Å². The Morgan fingerprint density at radius 2 is 1.92 bits per heavy atom. The van der Waals surface area contributed by atoms with E-state index in [9.17, 15) is 0 Å². The van der Waals surface area contributed by atoms with Crippen molar-refractivity contribution < 1.29 is 0 Å². The standard InChI is InChI=1S/C19H15ClN4/c20-17-8-9-21-11-14(17)12-22-15-6-7-19-18(10-15)23-13-24(19)16-4-2-1-3-5-16/h1-11,13,22H,12H2. The number of pyridine rings is 1. The number of nitrogens with zero attached hydrogens (tertiary/aromatic N) is 3. The van der Waals surface area contributed by atoms with Crippen molar-refractivity contribution in [2.45, 2.75) is 6.54 Å². The van der Waals surface area contributed by atoms with E-state index < -0.39 is 0 Å². The largest absolute Gasteiger partial charge is 0.381 e. The Kier molecular flexibility index (Phi) is 3.89. The molecule has 1 N–H and O–H groups in total. The number of benzene rings is 2. The third-order valence-electron chi connectivity index (χ3n) is 3.91. The maximum atomic E-state index is 6.16. The molecule has 0 atom stereocenters. The van der Waals surface area contributed by atoms with E-state index >= 15 is 0 Å². The maximum absolute atomic E-state index is 6.16. The number of anilines is 1. The summed E-state index contributed by atoms with van der Waals surface area (Å²) >= 11 is 6.16. The second-order valence-electron chi connectivity index (χ2n) is 5.47. The number of rotatable bonds is 4. The zero-order chi connectivity index (χ0) is 16.4. The van der Waals surface area contributed by atoms with E-state index in [0.29, 0.717) is 11.6 Å². The molecule has 0 saturated carbocycles. The summed E-state index contributed by atoms with van der Waals surface area (Å²) in [4.78, 5) is 8.62. The van der Waals surface area contributed by atoms with Gasteiger partial charge in [0.15, 0.2) is 0 Å². The van der Waals surface area contributed by atoms with Gasteiger partial charge in [0, 0.05) is 40.9 Å². The first kappa shape index (κ1) is 14.7. The molecule has 5 heteroatoms. The molecule has 0 spiro atoms. The topological polar surface area (TPSA) is 42.7 Å². The minimum Gasteiger partial charge on any atom is -0.381 e. The second kappa shape index (κ2) is 6.34. The van der Waals surface area contributed by atoms with E-state index in [1.807, 2.05) is 36.7 Å². The van der Waals surface area contributed by atoms with Gasteiger partial charge in [-0.15, -0.1) is 0 Å². The van der Waals surface area contributed by atoms with Gasteiger partial charge in [-0.3, -0.25) is 9.55 Å². The van der Waals surface area contributed by atoms with Crippen molar-refractivity contribution in [3.05, 3.63) is 83.9 Å². The summed E-state index contributed by atoms with van der Waals surface area (Å²) in [5, 5.41) is 4.08. The molecule has 0 aliphatic rings. The Labute approximate surface area is 144 Å². The Balaban J connectivity index is 1.60. The highest BCUT2D eigenvalue weighted by Crippen LogP contribution is 2.22. The summed E-state index contributed by atoms with van der Waals surface area (Å²) in [6.07, 6.45) is 5.31. The average Bonchev–Trinajstić information content (AvgIpc) is 3.05. The highest BCUT2D eigenvalue weighted by Gasteiger charge is 2.06. The lowest BCUT2D eigenvalue weighted by atomic mass is 10.2. The van der Waals surface area contributed by atoms with Crippen LogP contribution in [0.25, 0.3) is 16.7 Å². The molecule has 118 valence electrons. The number of fused-ring (bicyclic) bond motifs is 1. The van der Waals surface area contributed by atoms with Crippen molar-refractivity contribution >= 4 is 28.3 Å². The van der Waals surface area contributed by atoms with Crippen LogP contribution in [0.5, 0.6) is 0 Å². The van der Waals surface area contributed by atoms with Gasteiger partial charge in [-0.05, 0) is 36.4 Å². The molecule has 2 aromatic heterocycles. The summed E-state index contributed by atoms with van der Waals surface area (Å²) in [7, 11) is 0. The van der Waals surface area contributed by atoms with Gasteiger partial charge in [0.05, 0.1) is 11.0 Å². The number of imidazole rings is 1. The number of hydrogen-bond donors (Lipinski definition) is 1. The molecule has 0 fully saturated rings. The highest BCUT2D eigenvalue weighted by atomic mass is 35.5. The van der Waals surface area contributed by atoms with Crippen LogP contribution in [-0.2, 0) is 6.54 Å². The molecule has 2 heterocycles. The zero-order valence-corrected chi connectivity index (χ0v) is 13.6. The van der Waals surface area contributed by atoms with Gasteiger partial charge in [-0.1, -0.05) is 29.8 Å². The average molecular weight is 335 g/mol. The Bertz CT molecular complexity index is 979. The molecular formula is C19H15ClN4. The number of nitrogens with one attached hydrogen (secondary N) is 1. The lowest BCUT2D eigenvalue weighted by molar-refractivity contribution is 1.09. The lowest BCUT2D eigenvalue weighted by Gasteiger charge is -2.08. The van der Waals surface area contributed by atoms with Gasteiger partial charge in [0.25, 0.3) is 0 Å².